The van der Waals surface area contributed by atoms with Crippen molar-refractivity contribution in [2.75, 3.05) is 0 Å². The number of rotatable bonds is 3. The molecular formula is C4H9ClO3P+. The van der Waals surface area contributed by atoms with Gasteiger partial charge < -0.3 is 5.11 Å². The second-order valence-electron chi connectivity index (χ2n) is 1.76. The molecule has 0 aliphatic carbocycles. The van der Waals surface area contributed by atoms with Gasteiger partial charge in [-0.2, -0.15) is 0 Å². The van der Waals surface area contributed by atoms with Crippen LogP contribution in [0.4, 0.5) is 0 Å². The molecule has 3 atom stereocenters. The van der Waals surface area contributed by atoms with E-state index < -0.39 is 19.6 Å². The highest BCUT2D eigenvalue weighted by molar-refractivity contribution is 7.69. The van der Waals surface area contributed by atoms with Gasteiger partial charge in [0, 0.05) is 0 Å². The Bertz CT molecular complexity index is 106. The van der Waals surface area contributed by atoms with E-state index in [2.05, 4.69) is 4.52 Å². The summed E-state index contributed by atoms with van der Waals surface area (Å²) in [4.78, 5) is 0. The fourth-order valence-corrected chi connectivity index (χ4v) is 1.03. The Kier molecular flexibility index (Phi) is 4.32. The predicted octanol–water partition coefficient (Wildman–Crippen LogP) is 1.67. The minimum absolute atomic E-state index is 0.467. The lowest BCUT2D eigenvalue weighted by Gasteiger charge is -2.04. The molecule has 1 N–H and O–H groups in total. The lowest BCUT2D eigenvalue weighted by atomic mass is 10.3. The second-order valence-corrected chi connectivity index (χ2v) is 3.23. The van der Waals surface area contributed by atoms with E-state index in [1.807, 2.05) is 0 Å². The molecule has 9 heavy (non-hydrogen) atoms. The first-order valence-corrected chi connectivity index (χ1v) is 4.60. The van der Waals surface area contributed by atoms with Gasteiger partial charge in [0.1, 0.15) is 6.10 Å². The van der Waals surface area contributed by atoms with Crippen molar-refractivity contribution in [2.24, 2.45) is 0 Å². The first-order valence-electron chi connectivity index (χ1n) is 2.52. The Hall–Kier alpha value is 0.310. The average Bonchev–Trinajstić information content (AvgIpc) is 1.63. The molecule has 0 radical (unpaired) electrons. The highest BCUT2D eigenvalue weighted by atomic mass is 35.7. The third-order valence-corrected chi connectivity index (χ3v) is 1.67. The molecule has 0 aromatic heterocycles. The van der Waals surface area contributed by atoms with Crippen molar-refractivity contribution in [3.05, 3.63) is 0 Å². The van der Waals surface area contributed by atoms with Crippen LogP contribution in [0.25, 0.3) is 0 Å². The first kappa shape index (κ1) is 9.31. The maximum absolute atomic E-state index is 10.1. The van der Waals surface area contributed by atoms with E-state index in [1.54, 1.807) is 13.8 Å². The number of aliphatic hydroxyl groups excluding tert-OH is 1. The standard InChI is InChI=1S/C4H9ClO3P/c1-3(6)4(2)8-9(5)7/h3-4,6H,1-2H3/q+1. The normalized spacial score (nSPS) is 18.9. The van der Waals surface area contributed by atoms with E-state index in [9.17, 15) is 4.57 Å². The maximum Gasteiger partial charge on any atom is 0.634 e. The second kappa shape index (κ2) is 4.18. The highest BCUT2D eigenvalue weighted by Gasteiger charge is 2.22. The summed E-state index contributed by atoms with van der Waals surface area (Å²) in [7, 11) is -2.11. The van der Waals surface area contributed by atoms with Crippen molar-refractivity contribution < 1.29 is 14.2 Å². The highest BCUT2D eigenvalue weighted by Crippen LogP contribution is 2.30. The Labute approximate surface area is 59.6 Å². The molecule has 5 heteroatoms. The molecule has 0 heterocycles. The Morgan fingerprint density at radius 2 is 2.11 bits per heavy atom. The van der Waals surface area contributed by atoms with E-state index in [1.165, 1.54) is 0 Å². The molecule has 3 unspecified atom stereocenters. The van der Waals surface area contributed by atoms with Crippen LogP contribution in [0.1, 0.15) is 13.8 Å². The van der Waals surface area contributed by atoms with E-state index >= 15 is 0 Å². The van der Waals surface area contributed by atoms with Gasteiger partial charge in [-0.25, -0.2) is 0 Å². The molecule has 54 valence electrons. The van der Waals surface area contributed by atoms with Crippen LogP contribution in [0.3, 0.4) is 0 Å². The van der Waals surface area contributed by atoms with Gasteiger partial charge in [-0.1, -0.05) is 0 Å². The van der Waals surface area contributed by atoms with Crippen molar-refractivity contribution in [3.63, 3.8) is 0 Å². The van der Waals surface area contributed by atoms with E-state index in [0.717, 1.165) is 0 Å². The van der Waals surface area contributed by atoms with E-state index in [-0.39, 0.29) is 0 Å². The monoisotopic (exact) mass is 171 g/mol. The van der Waals surface area contributed by atoms with Crippen LogP contribution in [-0.2, 0) is 9.09 Å². The average molecular weight is 172 g/mol. The van der Waals surface area contributed by atoms with E-state index in [4.69, 9.17) is 16.3 Å². The summed E-state index contributed by atoms with van der Waals surface area (Å²) in [6.45, 7) is 3.14. The minimum atomic E-state index is -2.11. The van der Waals surface area contributed by atoms with E-state index in [0.29, 0.717) is 0 Å². The van der Waals surface area contributed by atoms with Crippen molar-refractivity contribution in [1.29, 1.82) is 0 Å². The quantitative estimate of drug-likeness (QED) is 0.657. The topological polar surface area (TPSA) is 46.5 Å². The summed E-state index contributed by atoms with van der Waals surface area (Å²) in [6, 6.07) is 0. The van der Waals surface area contributed by atoms with Crippen LogP contribution in [0.15, 0.2) is 0 Å². The van der Waals surface area contributed by atoms with Crippen LogP contribution >= 0.6 is 18.6 Å². The van der Waals surface area contributed by atoms with Gasteiger partial charge in [0.2, 0.25) is 11.2 Å². The molecule has 0 rings (SSSR count). The van der Waals surface area contributed by atoms with Crippen LogP contribution in [0.5, 0.6) is 0 Å². The fourth-order valence-electron chi connectivity index (χ4n) is 0.219. The summed E-state index contributed by atoms with van der Waals surface area (Å²) in [5.74, 6) is 0. The molecule has 3 nitrogen and oxygen atoms in total. The molecule has 0 aromatic rings. The molecule has 0 aromatic carbocycles. The summed E-state index contributed by atoms with van der Waals surface area (Å²) in [5.41, 5.74) is 0. The van der Waals surface area contributed by atoms with Crippen molar-refractivity contribution >= 4 is 18.6 Å². The Morgan fingerprint density at radius 1 is 1.67 bits per heavy atom. The zero-order chi connectivity index (χ0) is 7.44. The third kappa shape index (κ3) is 4.79. The van der Waals surface area contributed by atoms with Crippen LogP contribution < -0.4 is 0 Å². The van der Waals surface area contributed by atoms with Crippen LogP contribution in [0.2, 0.25) is 0 Å². The number of hydrogen-bond donors (Lipinski definition) is 1. The number of hydrogen-bond acceptors (Lipinski definition) is 3. The van der Waals surface area contributed by atoms with Gasteiger partial charge in [0.25, 0.3) is 0 Å². The van der Waals surface area contributed by atoms with Gasteiger partial charge in [0.15, 0.2) is 0 Å². The van der Waals surface area contributed by atoms with Gasteiger partial charge in [-0.05, 0) is 18.4 Å². The summed E-state index contributed by atoms with van der Waals surface area (Å²) in [6.07, 6.45) is -1.10. The number of halogens is 1. The van der Waals surface area contributed by atoms with Gasteiger partial charge in [0.05, 0.1) is 6.10 Å². The lowest BCUT2D eigenvalue weighted by Crippen LogP contribution is -2.19. The molecule has 0 aliphatic heterocycles. The van der Waals surface area contributed by atoms with Crippen molar-refractivity contribution in [2.45, 2.75) is 26.1 Å². The molecule has 0 bridgehead atoms. The summed E-state index contributed by atoms with van der Waals surface area (Å²) < 4.78 is 14.7. The zero-order valence-electron chi connectivity index (χ0n) is 5.24. The van der Waals surface area contributed by atoms with Crippen LogP contribution in [-0.4, -0.2) is 17.3 Å². The molecule has 0 amide bonds. The summed E-state index contributed by atoms with van der Waals surface area (Å²) in [5, 5.41) is 8.76. The number of aliphatic hydroxyl groups is 1. The lowest BCUT2D eigenvalue weighted by molar-refractivity contribution is 0.0678. The first-order chi connectivity index (χ1) is 4.04. The Balaban J connectivity index is 3.50. The molecular weight excluding hydrogens is 162 g/mol. The smallest absolute Gasteiger partial charge is 0.391 e. The predicted molar refractivity (Wildman–Crippen MR) is 35.7 cm³/mol. The molecule has 0 aliphatic rings. The molecule has 0 fully saturated rings. The van der Waals surface area contributed by atoms with Crippen molar-refractivity contribution in [3.8, 4) is 0 Å². The fraction of sp³-hybridized carbons (Fsp3) is 1.00. The third-order valence-electron chi connectivity index (χ3n) is 0.928. The van der Waals surface area contributed by atoms with Crippen molar-refractivity contribution in [1.82, 2.24) is 0 Å². The molecule has 0 spiro atoms. The maximum atomic E-state index is 10.1. The van der Waals surface area contributed by atoms with Gasteiger partial charge in [-0.3, -0.25) is 0 Å². The minimum Gasteiger partial charge on any atom is -0.391 e. The summed E-state index contributed by atoms with van der Waals surface area (Å²) >= 11 is 4.99. The Morgan fingerprint density at radius 3 is 2.22 bits per heavy atom. The SMILES string of the molecule is CC(O)C(C)O[P+](=O)Cl. The molecule has 0 saturated carbocycles. The van der Waals surface area contributed by atoms with Crippen LogP contribution in [0, 0.1) is 0 Å². The van der Waals surface area contributed by atoms with Gasteiger partial charge in [-0.15, -0.1) is 4.52 Å². The zero-order valence-corrected chi connectivity index (χ0v) is 6.89. The van der Waals surface area contributed by atoms with Gasteiger partial charge >= 0.3 is 7.38 Å². The largest absolute Gasteiger partial charge is 0.634 e. The molecule has 0 saturated heterocycles.